The Morgan fingerprint density at radius 1 is 0.917 bits per heavy atom. The average molecular weight is 481 g/mol. The number of ether oxygens (including phenoxy) is 1. The molecule has 7 heteroatoms. The molecule has 182 valence electrons. The third kappa shape index (κ3) is 5.21. The van der Waals surface area contributed by atoms with Gasteiger partial charge in [0.25, 0.3) is 11.8 Å². The second kappa shape index (κ2) is 10.6. The van der Waals surface area contributed by atoms with Gasteiger partial charge in [0.15, 0.2) is 0 Å². The van der Waals surface area contributed by atoms with Crippen molar-refractivity contribution in [2.75, 3.05) is 25.5 Å². The van der Waals surface area contributed by atoms with E-state index in [1.165, 1.54) is 5.56 Å². The number of benzene rings is 3. The van der Waals surface area contributed by atoms with E-state index in [2.05, 4.69) is 20.9 Å². The predicted octanol–water partition coefficient (Wildman–Crippen LogP) is 5.11. The molecule has 0 unspecified atom stereocenters. The van der Waals surface area contributed by atoms with Crippen molar-refractivity contribution in [1.82, 2.24) is 15.6 Å². The van der Waals surface area contributed by atoms with Crippen molar-refractivity contribution in [3.8, 4) is 11.5 Å². The molecule has 5 rings (SSSR count). The summed E-state index contributed by atoms with van der Waals surface area (Å²) in [6.45, 7) is 2.07. The van der Waals surface area contributed by atoms with E-state index in [0.29, 0.717) is 34.4 Å². The van der Waals surface area contributed by atoms with Crippen molar-refractivity contribution in [3.63, 3.8) is 0 Å². The van der Waals surface area contributed by atoms with Crippen LogP contribution in [0.1, 0.15) is 45.0 Å². The number of nitrogens with zero attached hydrogens (tertiary/aromatic N) is 1. The van der Waals surface area contributed by atoms with E-state index in [4.69, 9.17) is 4.74 Å². The maximum absolute atomic E-state index is 12.8. The number of hydrogen-bond acceptors (Lipinski definition) is 5. The third-order valence-corrected chi connectivity index (χ3v) is 6.52. The van der Waals surface area contributed by atoms with Crippen molar-refractivity contribution in [3.05, 3.63) is 95.7 Å². The molecule has 0 atom stereocenters. The summed E-state index contributed by atoms with van der Waals surface area (Å²) < 4.78 is 6.03. The van der Waals surface area contributed by atoms with Gasteiger partial charge < -0.3 is 20.7 Å². The second-order valence-corrected chi connectivity index (χ2v) is 8.85. The zero-order chi connectivity index (χ0) is 24.9. The van der Waals surface area contributed by atoms with Crippen LogP contribution in [-0.4, -0.2) is 36.9 Å². The van der Waals surface area contributed by atoms with Gasteiger partial charge >= 0.3 is 0 Å². The number of pyridine rings is 1. The molecule has 1 fully saturated rings. The number of fused-ring (bicyclic) bond motifs is 1. The van der Waals surface area contributed by atoms with E-state index in [1.54, 1.807) is 31.4 Å². The maximum Gasteiger partial charge on any atom is 0.256 e. The molecule has 36 heavy (non-hydrogen) atoms. The number of nitrogens with one attached hydrogen (secondary N) is 3. The molecular formula is C29H28N4O3. The molecule has 4 aromatic rings. The molecule has 3 aromatic carbocycles. The van der Waals surface area contributed by atoms with Crippen molar-refractivity contribution >= 4 is 28.4 Å². The highest BCUT2D eigenvalue weighted by Crippen LogP contribution is 2.29. The first-order valence-electron chi connectivity index (χ1n) is 12.1. The molecule has 1 aromatic heterocycles. The van der Waals surface area contributed by atoms with Gasteiger partial charge in [-0.1, -0.05) is 24.3 Å². The van der Waals surface area contributed by atoms with Crippen molar-refractivity contribution < 1.29 is 14.3 Å². The first-order chi connectivity index (χ1) is 17.6. The Kier molecular flexibility index (Phi) is 6.91. The maximum atomic E-state index is 12.8. The largest absolute Gasteiger partial charge is 0.457 e. The Balaban J connectivity index is 1.27. The van der Waals surface area contributed by atoms with Gasteiger partial charge in [-0.2, -0.15) is 0 Å². The van der Waals surface area contributed by atoms with Crippen LogP contribution in [0.15, 0.2) is 79.0 Å². The van der Waals surface area contributed by atoms with Crippen molar-refractivity contribution in [2.24, 2.45) is 0 Å². The molecule has 7 nitrogen and oxygen atoms in total. The number of piperidine rings is 1. The van der Waals surface area contributed by atoms with Crippen LogP contribution in [0.25, 0.3) is 10.8 Å². The summed E-state index contributed by atoms with van der Waals surface area (Å²) in [5, 5.41) is 10.6. The quantitative estimate of drug-likeness (QED) is 0.357. The molecule has 0 aliphatic carbocycles. The van der Waals surface area contributed by atoms with E-state index in [9.17, 15) is 9.59 Å². The monoisotopic (exact) mass is 480 g/mol. The lowest BCUT2D eigenvalue weighted by Crippen LogP contribution is -2.26. The summed E-state index contributed by atoms with van der Waals surface area (Å²) in [6, 6.07) is 22.4. The summed E-state index contributed by atoms with van der Waals surface area (Å²) in [5.74, 6) is 1.76. The molecular weight excluding hydrogens is 452 g/mol. The van der Waals surface area contributed by atoms with E-state index >= 15 is 0 Å². The minimum Gasteiger partial charge on any atom is -0.457 e. The average Bonchev–Trinajstić information content (AvgIpc) is 2.93. The van der Waals surface area contributed by atoms with Crippen LogP contribution in [0, 0.1) is 0 Å². The van der Waals surface area contributed by atoms with Gasteiger partial charge in [0.2, 0.25) is 0 Å². The number of anilines is 1. The number of carbonyl (C=O) groups is 2. The molecule has 1 aliphatic heterocycles. The minimum atomic E-state index is -0.219. The van der Waals surface area contributed by atoms with Crippen LogP contribution < -0.4 is 20.7 Å². The summed E-state index contributed by atoms with van der Waals surface area (Å²) >= 11 is 0. The fourth-order valence-electron chi connectivity index (χ4n) is 4.59. The van der Waals surface area contributed by atoms with E-state index in [-0.39, 0.29) is 11.8 Å². The Hall–Kier alpha value is -4.23. The SMILES string of the molecule is CNC(=O)c1cccc2cc(Oc3ccnc(NC(=O)c4ccc(C5CCNCC5)cc4)c3)ccc12. The van der Waals surface area contributed by atoms with Crippen molar-refractivity contribution in [1.29, 1.82) is 0 Å². The topological polar surface area (TPSA) is 92.3 Å². The zero-order valence-corrected chi connectivity index (χ0v) is 20.1. The van der Waals surface area contributed by atoms with E-state index in [1.807, 2.05) is 54.6 Å². The standard InChI is InChI=1S/C29H28N4O3/c1-30-29(35)26-4-2-3-22-17-23(9-10-25(22)26)36-24-13-16-32-27(18-24)33-28(34)21-7-5-19(6-8-21)20-11-14-31-15-12-20/h2-10,13,16-18,20,31H,11-12,14-15H2,1H3,(H,30,35)(H,32,33,34). The Labute approximate surface area is 209 Å². The number of amides is 2. The van der Waals surface area contributed by atoms with Crippen LogP contribution in [0.3, 0.4) is 0 Å². The predicted molar refractivity (Wildman–Crippen MR) is 141 cm³/mol. The molecule has 1 aliphatic rings. The highest BCUT2D eigenvalue weighted by Gasteiger charge is 2.16. The summed E-state index contributed by atoms with van der Waals surface area (Å²) in [5.41, 5.74) is 2.47. The van der Waals surface area contributed by atoms with Crippen LogP contribution >= 0.6 is 0 Å². The lowest BCUT2D eigenvalue weighted by Gasteiger charge is -2.23. The van der Waals surface area contributed by atoms with Gasteiger partial charge in [-0.3, -0.25) is 9.59 Å². The molecule has 2 amide bonds. The molecule has 2 heterocycles. The normalized spacial score (nSPS) is 13.8. The zero-order valence-electron chi connectivity index (χ0n) is 20.1. The minimum absolute atomic E-state index is 0.135. The molecule has 1 saturated heterocycles. The highest BCUT2D eigenvalue weighted by atomic mass is 16.5. The fourth-order valence-corrected chi connectivity index (χ4v) is 4.59. The smallest absolute Gasteiger partial charge is 0.256 e. The van der Waals surface area contributed by atoms with E-state index in [0.717, 1.165) is 36.7 Å². The number of carbonyl (C=O) groups excluding carboxylic acids is 2. The van der Waals surface area contributed by atoms with Gasteiger partial charge in [0, 0.05) is 30.4 Å². The fraction of sp³-hybridized carbons (Fsp3) is 0.207. The van der Waals surface area contributed by atoms with Crippen molar-refractivity contribution in [2.45, 2.75) is 18.8 Å². The lowest BCUT2D eigenvalue weighted by molar-refractivity contribution is 0.0963. The summed E-state index contributed by atoms with van der Waals surface area (Å²) in [7, 11) is 1.61. The van der Waals surface area contributed by atoms with Gasteiger partial charge in [0.1, 0.15) is 17.3 Å². The first kappa shape index (κ1) is 23.5. The number of hydrogen-bond donors (Lipinski definition) is 3. The van der Waals surface area contributed by atoms with Gasteiger partial charge in [-0.05, 0) is 90.6 Å². The summed E-state index contributed by atoms with van der Waals surface area (Å²) in [4.78, 5) is 29.2. The van der Waals surface area contributed by atoms with Crippen LogP contribution in [-0.2, 0) is 0 Å². The third-order valence-electron chi connectivity index (χ3n) is 6.52. The molecule has 3 N–H and O–H groups in total. The van der Waals surface area contributed by atoms with Crippen LogP contribution in [0.5, 0.6) is 11.5 Å². The van der Waals surface area contributed by atoms with Gasteiger partial charge in [-0.15, -0.1) is 0 Å². The Morgan fingerprint density at radius 3 is 2.47 bits per heavy atom. The van der Waals surface area contributed by atoms with Crippen LogP contribution in [0.4, 0.5) is 5.82 Å². The Morgan fingerprint density at radius 2 is 1.69 bits per heavy atom. The first-order valence-corrected chi connectivity index (χ1v) is 12.1. The Bertz CT molecular complexity index is 1400. The lowest BCUT2D eigenvalue weighted by atomic mass is 9.90. The van der Waals surface area contributed by atoms with E-state index < -0.39 is 0 Å². The van der Waals surface area contributed by atoms with Gasteiger partial charge in [-0.25, -0.2) is 4.98 Å². The molecule has 0 radical (unpaired) electrons. The second-order valence-electron chi connectivity index (χ2n) is 8.85. The summed E-state index contributed by atoms with van der Waals surface area (Å²) in [6.07, 6.45) is 3.83. The molecule has 0 bridgehead atoms. The van der Waals surface area contributed by atoms with Crippen LogP contribution in [0.2, 0.25) is 0 Å². The number of aromatic nitrogens is 1. The van der Waals surface area contributed by atoms with Gasteiger partial charge in [0.05, 0.1) is 0 Å². The number of rotatable bonds is 6. The highest BCUT2D eigenvalue weighted by molar-refractivity contribution is 6.07. The molecule has 0 saturated carbocycles. The molecule has 0 spiro atoms.